The van der Waals surface area contributed by atoms with Gasteiger partial charge in [0.05, 0.1) is 12.8 Å². The molecule has 0 aliphatic heterocycles. The maximum absolute atomic E-state index is 12.2. The van der Waals surface area contributed by atoms with Gasteiger partial charge in [-0.1, -0.05) is 30.3 Å². The largest absolute Gasteiger partial charge is 0.497 e. The van der Waals surface area contributed by atoms with Crippen molar-refractivity contribution in [1.29, 1.82) is 0 Å². The molecule has 1 heterocycles. The zero-order valence-corrected chi connectivity index (χ0v) is 16.2. The zero-order valence-electron chi connectivity index (χ0n) is 16.2. The van der Waals surface area contributed by atoms with Gasteiger partial charge in [0.25, 0.3) is 5.91 Å². The van der Waals surface area contributed by atoms with Gasteiger partial charge in [0, 0.05) is 24.8 Å². The number of ether oxygens (including phenoxy) is 2. The highest BCUT2D eigenvalue weighted by molar-refractivity contribution is 5.77. The highest BCUT2D eigenvalue weighted by Crippen LogP contribution is 2.18. The number of hydrogen-bond acceptors (Lipinski definition) is 4. The molecule has 2 aromatic carbocycles. The van der Waals surface area contributed by atoms with Crippen LogP contribution >= 0.6 is 0 Å². The van der Waals surface area contributed by atoms with Crippen molar-refractivity contribution >= 4 is 5.91 Å². The first-order valence-electron chi connectivity index (χ1n) is 9.26. The van der Waals surface area contributed by atoms with E-state index in [9.17, 15) is 4.79 Å². The van der Waals surface area contributed by atoms with Crippen LogP contribution in [0.5, 0.6) is 11.5 Å². The lowest BCUT2D eigenvalue weighted by Gasteiger charge is -2.17. The van der Waals surface area contributed by atoms with Gasteiger partial charge in [0.15, 0.2) is 6.61 Å². The van der Waals surface area contributed by atoms with Gasteiger partial charge in [-0.25, -0.2) is 0 Å². The van der Waals surface area contributed by atoms with Crippen LogP contribution in [0.3, 0.4) is 0 Å². The molecule has 146 valence electrons. The Labute approximate surface area is 165 Å². The van der Waals surface area contributed by atoms with Crippen LogP contribution in [0.1, 0.15) is 12.1 Å². The molecule has 6 heteroatoms. The number of benzene rings is 2. The number of methoxy groups -OCH3 is 1. The number of aromatic nitrogens is 2. The molecule has 0 atom stereocenters. The van der Waals surface area contributed by atoms with Crippen molar-refractivity contribution in [2.75, 3.05) is 27.3 Å². The minimum atomic E-state index is -0.0506. The zero-order chi connectivity index (χ0) is 19.8. The van der Waals surface area contributed by atoms with E-state index in [1.165, 1.54) is 0 Å². The molecule has 0 unspecified atom stereocenters. The number of carbonyl (C=O) groups is 1. The van der Waals surface area contributed by atoms with Crippen LogP contribution in [0.25, 0.3) is 11.3 Å². The number of nitrogens with zero attached hydrogens (tertiary/aromatic N) is 2. The lowest BCUT2D eigenvalue weighted by atomic mass is 10.1. The smallest absolute Gasteiger partial charge is 0.260 e. The van der Waals surface area contributed by atoms with Crippen LogP contribution in [0, 0.1) is 0 Å². The topological polar surface area (TPSA) is 67.5 Å². The lowest BCUT2D eigenvalue weighted by molar-refractivity contribution is -0.132. The molecule has 0 saturated carbocycles. The van der Waals surface area contributed by atoms with E-state index in [-0.39, 0.29) is 12.5 Å². The van der Waals surface area contributed by atoms with Gasteiger partial charge in [-0.15, -0.1) is 0 Å². The third-order valence-electron chi connectivity index (χ3n) is 4.49. The number of carbonyl (C=O) groups excluding carboxylic acids is 1. The second-order valence-corrected chi connectivity index (χ2v) is 6.53. The molecule has 0 saturated heterocycles. The molecule has 28 heavy (non-hydrogen) atoms. The van der Waals surface area contributed by atoms with E-state index in [2.05, 4.69) is 16.3 Å². The van der Waals surface area contributed by atoms with E-state index >= 15 is 0 Å². The predicted octanol–water partition coefficient (Wildman–Crippen LogP) is 3.56. The van der Waals surface area contributed by atoms with Crippen LogP contribution in [0.15, 0.2) is 60.7 Å². The first kappa shape index (κ1) is 19.5. The number of hydrogen-bond donors (Lipinski definition) is 1. The van der Waals surface area contributed by atoms with Gasteiger partial charge in [-0.2, -0.15) is 5.10 Å². The lowest BCUT2D eigenvalue weighted by Crippen LogP contribution is -2.32. The standard InChI is InChI=1S/C22H25N3O3/c1-25(22(26)16-28-20-12-10-19(27-2)11-13-20)14-6-9-18-15-21(24-23-18)17-7-4-3-5-8-17/h3-5,7-8,10-13,15H,6,9,14,16H2,1-2H3,(H,23,24). The highest BCUT2D eigenvalue weighted by Gasteiger charge is 2.10. The Bertz CT molecular complexity index is 876. The molecule has 0 aliphatic carbocycles. The number of likely N-dealkylation sites (N-methyl/N-ethyl adjacent to an activating group) is 1. The molecule has 0 spiro atoms. The third kappa shape index (κ3) is 5.36. The number of aryl methyl sites for hydroxylation is 1. The summed E-state index contributed by atoms with van der Waals surface area (Å²) in [6, 6.07) is 19.3. The fourth-order valence-electron chi connectivity index (χ4n) is 2.81. The van der Waals surface area contributed by atoms with E-state index in [4.69, 9.17) is 9.47 Å². The molecule has 1 N–H and O–H groups in total. The first-order chi connectivity index (χ1) is 13.7. The predicted molar refractivity (Wildman–Crippen MR) is 108 cm³/mol. The first-order valence-corrected chi connectivity index (χ1v) is 9.26. The van der Waals surface area contributed by atoms with E-state index in [1.807, 2.05) is 30.3 Å². The Kier molecular flexibility index (Phi) is 6.68. The summed E-state index contributed by atoms with van der Waals surface area (Å²) >= 11 is 0. The van der Waals surface area contributed by atoms with E-state index in [0.29, 0.717) is 12.3 Å². The summed E-state index contributed by atoms with van der Waals surface area (Å²) in [4.78, 5) is 13.9. The fourth-order valence-corrected chi connectivity index (χ4v) is 2.81. The van der Waals surface area contributed by atoms with Gasteiger partial charge >= 0.3 is 0 Å². The average Bonchev–Trinajstić information content (AvgIpc) is 3.22. The van der Waals surface area contributed by atoms with Crippen molar-refractivity contribution < 1.29 is 14.3 Å². The summed E-state index contributed by atoms with van der Waals surface area (Å²) in [7, 11) is 3.40. The van der Waals surface area contributed by atoms with E-state index < -0.39 is 0 Å². The molecule has 1 amide bonds. The Morgan fingerprint density at radius 3 is 2.50 bits per heavy atom. The van der Waals surface area contributed by atoms with Crippen molar-refractivity contribution in [1.82, 2.24) is 15.1 Å². The molecular weight excluding hydrogens is 354 g/mol. The SMILES string of the molecule is COc1ccc(OCC(=O)N(C)CCCc2cc(-c3ccccc3)n[nH]2)cc1. The molecule has 3 rings (SSSR count). The highest BCUT2D eigenvalue weighted by atomic mass is 16.5. The Morgan fingerprint density at radius 1 is 1.07 bits per heavy atom. The molecule has 0 radical (unpaired) electrons. The molecule has 1 aromatic heterocycles. The van der Waals surface area contributed by atoms with Gasteiger partial charge in [-0.05, 0) is 43.2 Å². The van der Waals surface area contributed by atoms with Gasteiger partial charge in [-0.3, -0.25) is 9.89 Å². The molecule has 3 aromatic rings. The molecule has 6 nitrogen and oxygen atoms in total. The van der Waals surface area contributed by atoms with Crippen molar-refractivity contribution in [3.63, 3.8) is 0 Å². The monoisotopic (exact) mass is 379 g/mol. The molecule has 0 aliphatic rings. The minimum Gasteiger partial charge on any atom is -0.497 e. The summed E-state index contributed by atoms with van der Waals surface area (Å²) in [6.45, 7) is 0.676. The van der Waals surface area contributed by atoms with Crippen LogP contribution in [-0.4, -0.2) is 48.3 Å². The van der Waals surface area contributed by atoms with Crippen molar-refractivity contribution in [2.45, 2.75) is 12.8 Å². The summed E-state index contributed by atoms with van der Waals surface area (Å²) in [5.41, 5.74) is 3.09. The van der Waals surface area contributed by atoms with Crippen LogP contribution in [0.2, 0.25) is 0 Å². The van der Waals surface area contributed by atoms with E-state index in [0.717, 1.165) is 35.5 Å². The summed E-state index contributed by atoms with van der Waals surface area (Å²) in [6.07, 6.45) is 1.68. The number of aromatic amines is 1. The van der Waals surface area contributed by atoms with Crippen LogP contribution in [0.4, 0.5) is 0 Å². The maximum Gasteiger partial charge on any atom is 0.260 e. The van der Waals surface area contributed by atoms with E-state index in [1.54, 1.807) is 43.3 Å². The fraction of sp³-hybridized carbons (Fsp3) is 0.273. The normalized spacial score (nSPS) is 10.5. The molecular formula is C22H25N3O3. The summed E-state index contributed by atoms with van der Waals surface area (Å²) < 4.78 is 10.6. The number of rotatable bonds is 9. The average molecular weight is 379 g/mol. The van der Waals surface area contributed by atoms with Gasteiger partial charge < -0.3 is 14.4 Å². The minimum absolute atomic E-state index is 0.0189. The van der Waals surface area contributed by atoms with Gasteiger partial charge in [0.2, 0.25) is 0 Å². The number of amides is 1. The summed E-state index contributed by atoms with van der Waals surface area (Å²) in [5.74, 6) is 1.35. The number of H-pyrrole nitrogens is 1. The van der Waals surface area contributed by atoms with Crippen LogP contribution in [-0.2, 0) is 11.2 Å². The van der Waals surface area contributed by atoms with Crippen molar-refractivity contribution in [3.8, 4) is 22.8 Å². The quantitative estimate of drug-likeness (QED) is 0.617. The van der Waals surface area contributed by atoms with Crippen molar-refractivity contribution in [2.24, 2.45) is 0 Å². The number of nitrogens with one attached hydrogen (secondary N) is 1. The Hall–Kier alpha value is -3.28. The van der Waals surface area contributed by atoms with Gasteiger partial charge in [0.1, 0.15) is 11.5 Å². The third-order valence-corrected chi connectivity index (χ3v) is 4.49. The summed E-state index contributed by atoms with van der Waals surface area (Å²) in [5, 5.41) is 7.43. The van der Waals surface area contributed by atoms with Crippen molar-refractivity contribution in [3.05, 3.63) is 66.4 Å². The second-order valence-electron chi connectivity index (χ2n) is 6.53. The maximum atomic E-state index is 12.2. The Morgan fingerprint density at radius 2 is 1.79 bits per heavy atom. The molecule has 0 fully saturated rings. The Balaban J connectivity index is 1.40. The second kappa shape index (κ2) is 9.60. The molecule has 0 bridgehead atoms. The van der Waals surface area contributed by atoms with Crippen LogP contribution < -0.4 is 9.47 Å².